The topological polar surface area (TPSA) is 22.1 Å². The van der Waals surface area contributed by atoms with Gasteiger partial charge in [-0.1, -0.05) is 25.7 Å². The second-order valence-corrected chi connectivity index (χ2v) is 10.1. The van der Waals surface area contributed by atoms with Gasteiger partial charge in [-0.15, -0.1) is 6.58 Å². The van der Waals surface area contributed by atoms with Crippen molar-refractivity contribution in [2.24, 2.45) is 0 Å². The Labute approximate surface area is 99.4 Å². The average Bonchev–Trinajstić information content (AvgIpc) is 2.19. The van der Waals surface area contributed by atoms with E-state index in [1.54, 1.807) is 7.11 Å². The van der Waals surface area contributed by atoms with Gasteiger partial charge in [0.25, 0.3) is 0 Å². The maximum absolute atomic E-state index is 5.55. The molecule has 0 aliphatic carbocycles. The molecule has 0 bridgehead atoms. The van der Waals surface area contributed by atoms with Crippen LogP contribution in [-0.2, 0) is 6.42 Å². The Morgan fingerprint density at radius 3 is 2.50 bits per heavy atom. The molecular weight excluding hydrogens is 214 g/mol. The molecule has 1 rings (SSSR count). The molecule has 0 aromatic carbocycles. The zero-order chi connectivity index (χ0) is 12.3. The molecular formula is C13H21NOSi. The highest BCUT2D eigenvalue weighted by molar-refractivity contribution is 6.89. The van der Waals surface area contributed by atoms with Gasteiger partial charge in [0, 0.05) is 18.2 Å². The summed E-state index contributed by atoms with van der Waals surface area (Å²) in [4.78, 5) is 4.53. The summed E-state index contributed by atoms with van der Waals surface area (Å²) in [6.45, 7) is 12.7. The van der Waals surface area contributed by atoms with Crippen molar-refractivity contribution in [3.05, 3.63) is 30.1 Å². The van der Waals surface area contributed by atoms with Crippen LogP contribution in [0.1, 0.15) is 11.3 Å². The van der Waals surface area contributed by atoms with E-state index in [0.717, 1.165) is 23.4 Å². The standard InChI is InChI=1S/C13H21NOSi/c1-7-8-11-10(2)13(15-3)12(9-14-11)16(4,5)6/h7,9H,1,8H2,2-6H3. The summed E-state index contributed by atoms with van der Waals surface area (Å²) >= 11 is 0. The van der Waals surface area contributed by atoms with E-state index in [9.17, 15) is 0 Å². The van der Waals surface area contributed by atoms with E-state index in [1.165, 1.54) is 5.19 Å². The minimum Gasteiger partial charge on any atom is -0.496 e. The van der Waals surface area contributed by atoms with Gasteiger partial charge >= 0.3 is 0 Å². The molecule has 0 spiro atoms. The van der Waals surface area contributed by atoms with Gasteiger partial charge in [0.1, 0.15) is 5.75 Å². The van der Waals surface area contributed by atoms with E-state index < -0.39 is 8.07 Å². The molecule has 0 aliphatic heterocycles. The normalized spacial score (nSPS) is 11.3. The first kappa shape index (κ1) is 13.0. The lowest BCUT2D eigenvalue weighted by Crippen LogP contribution is -2.39. The molecule has 88 valence electrons. The van der Waals surface area contributed by atoms with Gasteiger partial charge in [-0.3, -0.25) is 4.98 Å². The molecule has 0 fully saturated rings. The van der Waals surface area contributed by atoms with Gasteiger partial charge in [-0.25, -0.2) is 0 Å². The third-order valence-electron chi connectivity index (χ3n) is 2.72. The Hall–Kier alpha value is -1.09. The Bertz CT molecular complexity index is 394. The van der Waals surface area contributed by atoms with Crippen LogP contribution in [0.4, 0.5) is 0 Å². The van der Waals surface area contributed by atoms with Gasteiger partial charge in [0.05, 0.1) is 20.9 Å². The lowest BCUT2D eigenvalue weighted by molar-refractivity contribution is 0.413. The predicted octanol–water partition coefficient (Wildman–Crippen LogP) is 2.67. The van der Waals surface area contributed by atoms with Crippen LogP contribution < -0.4 is 9.92 Å². The fourth-order valence-electron chi connectivity index (χ4n) is 1.77. The van der Waals surface area contributed by atoms with Crippen molar-refractivity contribution < 1.29 is 4.74 Å². The average molecular weight is 235 g/mol. The number of methoxy groups -OCH3 is 1. The second kappa shape index (κ2) is 4.83. The zero-order valence-electron chi connectivity index (χ0n) is 10.9. The van der Waals surface area contributed by atoms with E-state index in [-0.39, 0.29) is 0 Å². The summed E-state index contributed by atoms with van der Waals surface area (Å²) in [5.74, 6) is 1.02. The Kier molecular flexibility index (Phi) is 3.91. The lowest BCUT2D eigenvalue weighted by atomic mass is 10.1. The summed E-state index contributed by atoms with van der Waals surface area (Å²) in [7, 11) is 0.350. The molecule has 1 aromatic rings. The first-order chi connectivity index (χ1) is 7.41. The molecule has 0 saturated carbocycles. The molecule has 0 unspecified atom stereocenters. The fourth-order valence-corrected chi connectivity index (χ4v) is 3.19. The van der Waals surface area contributed by atoms with E-state index in [4.69, 9.17) is 4.74 Å². The van der Waals surface area contributed by atoms with Gasteiger partial charge in [-0.2, -0.15) is 0 Å². The smallest absolute Gasteiger partial charge is 0.124 e. The van der Waals surface area contributed by atoms with Crippen molar-refractivity contribution in [1.29, 1.82) is 0 Å². The minimum atomic E-state index is -1.39. The monoisotopic (exact) mass is 235 g/mol. The van der Waals surface area contributed by atoms with Gasteiger partial charge in [-0.05, 0) is 12.1 Å². The maximum Gasteiger partial charge on any atom is 0.124 e. The number of allylic oxidation sites excluding steroid dienone is 1. The van der Waals surface area contributed by atoms with Crippen molar-refractivity contribution in [2.75, 3.05) is 7.11 Å². The Balaban J connectivity index is 3.35. The van der Waals surface area contributed by atoms with Crippen molar-refractivity contribution in [3.8, 4) is 5.75 Å². The molecule has 3 heteroatoms. The molecule has 1 aromatic heterocycles. The van der Waals surface area contributed by atoms with E-state index in [2.05, 4.69) is 38.1 Å². The molecule has 2 nitrogen and oxygen atoms in total. The molecule has 0 radical (unpaired) electrons. The molecule has 0 atom stereocenters. The number of ether oxygens (including phenoxy) is 1. The Morgan fingerprint density at radius 2 is 2.06 bits per heavy atom. The van der Waals surface area contributed by atoms with Crippen LogP contribution >= 0.6 is 0 Å². The van der Waals surface area contributed by atoms with E-state index in [0.29, 0.717) is 0 Å². The summed E-state index contributed by atoms with van der Waals surface area (Å²) < 4.78 is 5.55. The molecule has 16 heavy (non-hydrogen) atoms. The third-order valence-corrected chi connectivity index (χ3v) is 4.69. The highest BCUT2D eigenvalue weighted by Crippen LogP contribution is 2.21. The quantitative estimate of drug-likeness (QED) is 0.591. The Morgan fingerprint density at radius 1 is 1.44 bits per heavy atom. The number of hydrogen-bond donors (Lipinski definition) is 0. The SMILES string of the molecule is C=CCc1ncc([Si](C)(C)C)c(OC)c1C. The van der Waals surface area contributed by atoms with Crippen LogP contribution in [0, 0.1) is 6.92 Å². The second-order valence-electron chi connectivity index (χ2n) is 5.02. The highest BCUT2D eigenvalue weighted by atomic mass is 28.3. The van der Waals surface area contributed by atoms with Crippen LogP contribution in [0.2, 0.25) is 19.6 Å². The first-order valence-corrected chi connectivity index (χ1v) is 9.05. The first-order valence-electron chi connectivity index (χ1n) is 5.55. The van der Waals surface area contributed by atoms with E-state index in [1.807, 2.05) is 12.3 Å². The molecule has 0 saturated heterocycles. The van der Waals surface area contributed by atoms with Crippen LogP contribution in [0.3, 0.4) is 0 Å². The fraction of sp³-hybridized carbons (Fsp3) is 0.462. The largest absolute Gasteiger partial charge is 0.496 e. The number of aromatic nitrogens is 1. The van der Waals surface area contributed by atoms with Crippen LogP contribution in [0.5, 0.6) is 5.75 Å². The number of pyridine rings is 1. The van der Waals surface area contributed by atoms with Crippen LogP contribution in [0.15, 0.2) is 18.9 Å². The summed E-state index contributed by atoms with van der Waals surface area (Å²) in [6.07, 6.45) is 4.66. The number of nitrogens with zero attached hydrogens (tertiary/aromatic N) is 1. The van der Waals surface area contributed by atoms with Crippen molar-refractivity contribution >= 4 is 13.3 Å². The lowest BCUT2D eigenvalue weighted by Gasteiger charge is -2.22. The van der Waals surface area contributed by atoms with Gasteiger partial charge in [0.2, 0.25) is 0 Å². The third kappa shape index (κ3) is 2.53. The molecule has 0 aliphatic rings. The van der Waals surface area contributed by atoms with E-state index >= 15 is 0 Å². The zero-order valence-corrected chi connectivity index (χ0v) is 11.9. The predicted molar refractivity (Wildman–Crippen MR) is 72.4 cm³/mol. The summed E-state index contributed by atoms with van der Waals surface area (Å²) in [5, 5.41) is 1.29. The molecule has 0 amide bonds. The summed E-state index contributed by atoms with van der Waals surface area (Å²) in [6, 6.07) is 0. The van der Waals surface area contributed by atoms with Crippen molar-refractivity contribution in [1.82, 2.24) is 4.98 Å². The van der Waals surface area contributed by atoms with Crippen LogP contribution in [0.25, 0.3) is 0 Å². The van der Waals surface area contributed by atoms with Gasteiger partial charge in [0.15, 0.2) is 0 Å². The van der Waals surface area contributed by atoms with Gasteiger partial charge < -0.3 is 4.74 Å². The highest BCUT2D eigenvalue weighted by Gasteiger charge is 2.23. The number of hydrogen-bond acceptors (Lipinski definition) is 2. The summed E-state index contributed by atoms with van der Waals surface area (Å²) in [5.41, 5.74) is 2.22. The minimum absolute atomic E-state index is 0.800. The molecule has 1 heterocycles. The molecule has 0 N–H and O–H groups in total. The number of rotatable bonds is 4. The van der Waals surface area contributed by atoms with Crippen molar-refractivity contribution in [2.45, 2.75) is 33.0 Å². The van der Waals surface area contributed by atoms with Crippen molar-refractivity contribution in [3.63, 3.8) is 0 Å². The maximum atomic E-state index is 5.55. The van der Waals surface area contributed by atoms with Crippen LogP contribution in [-0.4, -0.2) is 20.2 Å².